The summed E-state index contributed by atoms with van der Waals surface area (Å²) in [5.74, 6) is 0.298. The smallest absolute Gasteiger partial charge is 0.271 e. The average molecular weight is 367 g/mol. The highest BCUT2D eigenvalue weighted by atomic mass is 35.5. The van der Waals surface area contributed by atoms with Crippen LogP contribution in [-0.4, -0.2) is 15.9 Å². The van der Waals surface area contributed by atoms with Crippen molar-refractivity contribution in [2.75, 3.05) is 5.32 Å². The second-order valence-corrected chi connectivity index (χ2v) is 6.10. The summed E-state index contributed by atoms with van der Waals surface area (Å²) >= 11 is 6.09. The summed E-state index contributed by atoms with van der Waals surface area (Å²) in [7, 11) is 0. The van der Waals surface area contributed by atoms with Crippen LogP contribution in [0.2, 0.25) is 5.02 Å². The molecule has 0 spiro atoms. The predicted molar refractivity (Wildman–Crippen MR) is 104 cm³/mol. The first-order valence-corrected chi connectivity index (χ1v) is 8.73. The van der Waals surface area contributed by atoms with E-state index in [1.54, 1.807) is 12.3 Å². The van der Waals surface area contributed by atoms with Crippen LogP contribution in [0.5, 0.6) is 0 Å². The molecule has 1 heterocycles. The molecule has 3 aromatic rings. The van der Waals surface area contributed by atoms with Gasteiger partial charge >= 0.3 is 0 Å². The van der Waals surface area contributed by atoms with Crippen LogP contribution in [-0.2, 0) is 13.0 Å². The number of aryl methyl sites for hydroxylation is 1. The molecule has 0 unspecified atom stereocenters. The first-order valence-electron chi connectivity index (χ1n) is 8.36. The van der Waals surface area contributed by atoms with Crippen LogP contribution in [0.1, 0.15) is 28.5 Å². The van der Waals surface area contributed by atoms with Crippen molar-refractivity contribution in [2.24, 2.45) is 0 Å². The van der Waals surface area contributed by atoms with Gasteiger partial charge in [0.05, 0.1) is 12.4 Å². The molecular weight excluding hydrogens is 348 g/mol. The van der Waals surface area contributed by atoms with Crippen LogP contribution in [0.25, 0.3) is 0 Å². The fourth-order valence-electron chi connectivity index (χ4n) is 2.51. The summed E-state index contributed by atoms with van der Waals surface area (Å²) < 4.78 is 0. The number of para-hydroxylation sites is 1. The van der Waals surface area contributed by atoms with Gasteiger partial charge < -0.3 is 10.6 Å². The number of anilines is 2. The minimum absolute atomic E-state index is 0.256. The zero-order chi connectivity index (χ0) is 18.4. The number of amides is 1. The standard InChI is InChI=1S/C20H19ClN4O/c1-2-14-7-4-6-10-17(14)25-19-13-22-18(12-23-19)20(26)24-11-15-8-3-5-9-16(15)21/h3-10,12-13H,2,11H2,1H3,(H,23,25)(H,24,26). The van der Waals surface area contributed by atoms with Gasteiger partial charge in [-0.05, 0) is 29.7 Å². The molecule has 0 saturated heterocycles. The van der Waals surface area contributed by atoms with E-state index in [1.165, 1.54) is 11.8 Å². The Bertz CT molecular complexity index is 896. The Morgan fingerprint density at radius 1 is 1.00 bits per heavy atom. The largest absolute Gasteiger partial charge is 0.347 e. The number of benzene rings is 2. The molecule has 0 atom stereocenters. The lowest BCUT2D eigenvalue weighted by atomic mass is 10.1. The summed E-state index contributed by atoms with van der Waals surface area (Å²) in [4.78, 5) is 20.7. The van der Waals surface area contributed by atoms with Gasteiger partial charge in [-0.1, -0.05) is 54.9 Å². The third-order valence-electron chi connectivity index (χ3n) is 3.94. The minimum Gasteiger partial charge on any atom is -0.347 e. The Balaban J connectivity index is 1.63. The third-order valence-corrected chi connectivity index (χ3v) is 4.31. The van der Waals surface area contributed by atoms with Gasteiger partial charge in [-0.25, -0.2) is 9.97 Å². The van der Waals surface area contributed by atoms with E-state index < -0.39 is 0 Å². The molecule has 1 amide bonds. The highest BCUT2D eigenvalue weighted by molar-refractivity contribution is 6.31. The molecule has 26 heavy (non-hydrogen) atoms. The molecule has 0 bridgehead atoms. The van der Waals surface area contributed by atoms with Crippen LogP contribution < -0.4 is 10.6 Å². The van der Waals surface area contributed by atoms with E-state index in [0.29, 0.717) is 17.4 Å². The van der Waals surface area contributed by atoms with Crippen LogP contribution >= 0.6 is 11.6 Å². The number of carbonyl (C=O) groups excluding carboxylic acids is 1. The van der Waals surface area contributed by atoms with E-state index in [4.69, 9.17) is 11.6 Å². The SMILES string of the molecule is CCc1ccccc1Nc1cnc(C(=O)NCc2ccccc2Cl)cn1. The average Bonchev–Trinajstić information content (AvgIpc) is 2.68. The molecular formula is C20H19ClN4O. The lowest BCUT2D eigenvalue weighted by Gasteiger charge is -2.10. The molecule has 5 nitrogen and oxygen atoms in total. The number of hydrogen-bond donors (Lipinski definition) is 2. The van der Waals surface area contributed by atoms with Gasteiger partial charge in [-0.2, -0.15) is 0 Å². The number of nitrogens with zero attached hydrogens (tertiary/aromatic N) is 2. The van der Waals surface area contributed by atoms with Crippen molar-refractivity contribution in [3.63, 3.8) is 0 Å². The van der Waals surface area contributed by atoms with Crippen molar-refractivity contribution in [1.29, 1.82) is 0 Å². The Morgan fingerprint density at radius 3 is 2.42 bits per heavy atom. The van der Waals surface area contributed by atoms with Crippen LogP contribution in [0.4, 0.5) is 11.5 Å². The van der Waals surface area contributed by atoms with Gasteiger partial charge in [0.25, 0.3) is 5.91 Å². The molecule has 3 rings (SSSR count). The van der Waals surface area contributed by atoms with Crippen LogP contribution in [0.3, 0.4) is 0 Å². The highest BCUT2D eigenvalue weighted by Crippen LogP contribution is 2.19. The first-order chi connectivity index (χ1) is 12.7. The lowest BCUT2D eigenvalue weighted by molar-refractivity contribution is 0.0945. The monoisotopic (exact) mass is 366 g/mol. The minimum atomic E-state index is -0.294. The van der Waals surface area contributed by atoms with Gasteiger partial charge in [0, 0.05) is 17.3 Å². The summed E-state index contributed by atoms with van der Waals surface area (Å²) in [6.45, 7) is 2.43. The van der Waals surface area contributed by atoms with Crippen LogP contribution in [0.15, 0.2) is 60.9 Å². The molecule has 2 N–H and O–H groups in total. The molecule has 0 aliphatic heterocycles. The summed E-state index contributed by atoms with van der Waals surface area (Å²) in [6, 6.07) is 15.4. The van der Waals surface area contributed by atoms with Crippen molar-refractivity contribution in [2.45, 2.75) is 19.9 Å². The molecule has 0 aliphatic carbocycles. The quantitative estimate of drug-likeness (QED) is 0.680. The molecule has 2 aromatic carbocycles. The summed E-state index contributed by atoms with van der Waals surface area (Å²) in [5, 5.41) is 6.65. The zero-order valence-electron chi connectivity index (χ0n) is 14.4. The molecule has 0 radical (unpaired) electrons. The number of halogens is 1. The van der Waals surface area contributed by atoms with Gasteiger partial charge in [-0.15, -0.1) is 0 Å². The van der Waals surface area contributed by atoms with E-state index in [1.807, 2.05) is 36.4 Å². The van der Waals surface area contributed by atoms with Crippen molar-refractivity contribution < 1.29 is 4.79 Å². The van der Waals surface area contributed by atoms with Crippen molar-refractivity contribution >= 4 is 29.0 Å². The van der Waals surface area contributed by atoms with E-state index >= 15 is 0 Å². The molecule has 1 aromatic heterocycles. The fraction of sp³-hybridized carbons (Fsp3) is 0.150. The van der Waals surface area contributed by atoms with Crippen molar-refractivity contribution in [3.8, 4) is 0 Å². The topological polar surface area (TPSA) is 66.9 Å². The molecule has 0 fully saturated rings. The number of aromatic nitrogens is 2. The summed E-state index contributed by atoms with van der Waals surface area (Å²) in [5.41, 5.74) is 3.28. The Morgan fingerprint density at radius 2 is 1.73 bits per heavy atom. The molecule has 0 aliphatic rings. The second kappa shape index (κ2) is 8.45. The van der Waals surface area contributed by atoms with Gasteiger partial charge in [0.1, 0.15) is 11.5 Å². The van der Waals surface area contributed by atoms with E-state index in [9.17, 15) is 4.79 Å². The number of carbonyl (C=O) groups is 1. The van der Waals surface area contributed by atoms with Crippen molar-refractivity contribution in [1.82, 2.24) is 15.3 Å². The van der Waals surface area contributed by atoms with E-state index in [2.05, 4.69) is 33.6 Å². The maximum absolute atomic E-state index is 12.2. The molecule has 132 valence electrons. The lowest BCUT2D eigenvalue weighted by Crippen LogP contribution is -2.24. The van der Waals surface area contributed by atoms with Gasteiger partial charge in [0.2, 0.25) is 0 Å². The summed E-state index contributed by atoms with van der Waals surface area (Å²) in [6.07, 6.45) is 3.93. The number of nitrogens with one attached hydrogen (secondary N) is 2. The van der Waals surface area contributed by atoms with Crippen LogP contribution in [0, 0.1) is 0 Å². The van der Waals surface area contributed by atoms with Crippen molar-refractivity contribution in [3.05, 3.63) is 82.8 Å². The second-order valence-electron chi connectivity index (χ2n) is 5.70. The molecule has 0 saturated carbocycles. The third kappa shape index (κ3) is 4.37. The number of rotatable bonds is 6. The van der Waals surface area contributed by atoms with Gasteiger partial charge in [-0.3, -0.25) is 4.79 Å². The fourth-order valence-corrected chi connectivity index (χ4v) is 2.71. The first kappa shape index (κ1) is 17.9. The van der Waals surface area contributed by atoms with Gasteiger partial charge in [0.15, 0.2) is 0 Å². The highest BCUT2D eigenvalue weighted by Gasteiger charge is 2.09. The molecule has 6 heteroatoms. The number of hydrogen-bond acceptors (Lipinski definition) is 4. The Kier molecular flexibility index (Phi) is 5.81. The zero-order valence-corrected chi connectivity index (χ0v) is 15.1. The Hall–Kier alpha value is -2.92. The van der Waals surface area contributed by atoms with E-state index in [-0.39, 0.29) is 11.6 Å². The normalized spacial score (nSPS) is 10.4. The van der Waals surface area contributed by atoms with E-state index in [0.717, 1.165) is 17.7 Å². The maximum Gasteiger partial charge on any atom is 0.271 e. The maximum atomic E-state index is 12.2. The predicted octanol–water partition coefficient (Wildman–Crippen LogP) is 4.37. The Labute approximate surface area is 157 Å².